The smallest absolute Gasteiger partial charge is 0.303 e. The van der Waals surface area contributed by atoms with Crippen molar-refractivity contribution in [1.29, 1.82) is 0 Å². The molecule has 0 aromatic carbocycles. The molecule has 1 aromatic rings. The normalized spacial score (nSPS) is 26.8. The van der Waals surface area contributed by atoms with Crippen LogP contribution in [0.5, 0.6) is 0 Å². The molecule has 154 valence electrons. The van der Waals surface area contributed by atoms with Crippen LogP contribution in [0.2, 0.25) is 0 Å². The summed E-state index contributed by atoms with van der Waals surface area (Å²) in [6.07, 6.45) is -1.03. The SMILES string of the molecule is CC(=O)OC[C@H]1O[C@H](n2ccnc2)[C@H](OC(C)=O)[C@@H](OC(C)=O)[C@@H]1OC(C)=O. The number of nitrogens with zero attached hydrogens (tertiary/aromatic N) is 2. The van der Waals surface area contributed by atoms with Crippen LogP contribution in [-0.2, 0) is 42.9 Å². The molecule has 0 saturated carbocycles. The highest BCUT2D eigenvalue weighted by atomic mass is 16.7. The van der Waals surface area contributed by atoms with Crippen molar-refractivity contribution in [1.82, 2.24) is 9.55 Å². The molecule has 1 aliphatic rings. The molecule has 1 aromatic heterocycles. The molecule has 11 nitrogen and oxygen atoms in total. The largest absolute Gasteiger partial charge is 0.463 e. The fraction of sp³-hybridized carbons (Fsp3) is 0.588. The van der Waals surface area contributed by atoms with E-state index in [1.165, 1.54) is 37.9 Å². The van der Waals surface area contributed by atoms with Crippen molar-refractivity contribution in [3.8, 4) is 0 Å². The number of aromatic nitrogens is 2. The number of ether oxygens (including phenoxy) is 5. The van der Waals surface area contributed by atoms with Crippen molar-refractivity contribution >= 4 is 23.9 Å². The van der Waals surface area contributed by atoms with Gasteiger partial charge in [-0.05, 0) is 0 Å². The first-order valence-electron chi connectivity index (χ1n) is 8.47. The predicted molar refractivity (Wildman–Crippen MR) is 89.4 cm³/mol. The molecule has 1 fully saturated rings. The first-order valence-corrected chi connectivity index (χ1v) is 8.47. The minimum atomic E-state index is -1.20. The number of esters is 4. The van der Waals surface area contributed by atoms with Crippen molar-refractivity contribution in [3.05, 3.63) is 18.7 Å². The Morgan fingerprint density at radius 3 is 1.96 bits per heavy atom. The van der Waals surface area contributed by atoms with E-state index in [0.717, 1.165) is 6.92 Å². The van der Waals surface area contributed by atoms with Crippen LogP contribution in [0.3, 0.4) is 0 Å². The van der Waals surface area contributed by atoms with E-state index < -0.39 is 54.5 Å². The third kappa shape index (κ3) is 5.52. The number of carbonyl (C=O) groups excluding carboxylic acids is 4. The average Bonchev–Trinajstić information content (AvgIpc) is 3.09. The van der Waals surface area contributed by atoms with Crippen LogP contribution in [0.4, 0.5) is 0 Å². The molecule has 5 atom stereocenters. The third-order valence-electron chi connectivity index (χ3n) is 3.79. The van der Waals surface area contributed by atoms with Crippen LogP contribution in [0, 0.1) is 0 Å². The molecule has 0 unspecified atom stereocenters. The summed E-state index contributed by atoms with van der Waals surface area (Å²) < 4.78 is 28.4. The Labute approximate surface area is 160 Å². The summed E-state index contributed by atoms with van der Waals surface area (Å²) in [5.74, 6) is -2.59. The van der Waals surface area contributed by atoms with Gasteiger partial charge in [0.25, 0.3) is 0 Å². The van der Waals surface area contributed by atoms with Crippen molar-refractivity contribution in [2.75, 3.05) is 6.61 Å². The summed E-state index contributed by atoms with van der Waals surface area (Å²) >= 11 is 0. The lowest BCUT2D eigenvalue weighted by Gasteiger charge is -2.44. The fourth-order valence-electron chi connectivity index (χ4n) is 2.87. The Bertz CT molecular complexity index is 718. The van der Waals surface area contributed by atoms with E-state index in [4.69, 9.17) is 23.7 Å². The van der Waals surface area contributed by atoms with Gasteiger partial charge in [0.2, 0.25) is 0 Å². The van der Waals surface area contributed by atoms with E-state index in [-0.39, 0.29) is 6.61 Å². The van der Waals surface area contributed by atoms with Gasteiger partial charge >= 0.3 is 23.9 Å². The molecule has 0 radical (unpaired) electrons. The van der Waals surface area contributed by atoms with E-state index in [9.17, 15) is 19.2 Å². The van der Waals surface area contributed by atoms with Gasteiger partial charge in [0.1, 0.15) is 12.7 Å². The van der Waals surface area contributed by atoms with Gasteiger partial charge in [-0.3, -0.25) is 19.2 Å². The first kappa shape index (κ1) is 21.4. The topological polar surface area (TPSA) is 132 Å². The van der Waals surface area contributed by atoms with Crippen molar-refractivity contribution < 1.29 is 42.9 Å². The van der Waals surface area contributed by atoms with Crippen LogP contribution in [0.25, 0.3) is 0 Å². The average molecular weight is 398 g/mol. The predicted octanol–water partition coefficient (Wildman–Crippen LogP) is 0.139. The highest BCUT2D eigenvalue weighted by Crippen LogP contribution is 2.34. The van der Waals surface area contributed by atoms with Crippen molar-refractivity contribution in [2.24, 2.45) is 0 Å². The van der Waals surface area contributed by atoms with E-state index in [2.05, 4.69) is 4.98 Å². The van der Waals surface area contributed by atoms with E-state index in [0.29, 0.717) is 0 Å². The van der Waals surface area contributed by atoms with Gasteiger partial charge in [-0.1, -0.05) is 0 Å². The lowest BCUT2D eigenvalue weighted by Crippen LogP contribution is -2.60. The summed E-state index contributed by atoms with van der Waals surface area (Å²) in [5.41, 5.74) is 0. The van der Waals surface area contributed by atoms with E-state index in [1.807, 2.05) is 0 Å². The molecule has 2 rings (SSSR count). The maximum absolute atomic E-state index is 11.7. The third-order valence-corrected chi connectivity index (χ3v) is 3.79. The Balaban J connectivity index is 2.45. The molecular formula is C17H22N2O9. The Morgan fingerprint density at radius 2 is 1.46 bits per heavy atom. The fourth-order valence-corrected chi connectivity index (χ4v) is 2.87. The number of imidazole rings is 1. The molecule has 0 bridgehead atoms. The minimum Gasteiger partial charge on any atom is -0.463 e. The van der Waals surface area contributed by atoms with E-state index >= 15 is 0 Å². The lowest BCUT2D eigenvalue weighted by molar-refractivity contribution is -0.268. The molecule has 0 spiro atoms. The standard InChI is InChI=1S/C17H22N2O9/c1-9(20)24-7-13-14(25-10(2)21)15(26-11(3)22)16(27-12(4)23)17(28-13)19-6-5-18-8-19/h5-6,8,13-17H,7H2,1-4H3/t13-,14-,15+,16-,17+/m1/s1. The van der Waals surface area contributed by atoms with Crippen LogP contribution in [0.1, 0.15) is 33.9 Å². The van der Waals surface area contributed by atoms with Crippen LogP contribution < -0.4 is 0 Å². The molecule has 28 heavy (non-hydrogen) atoms. The molecule has 2 heterocycles. The minimum absolute atomic E-state index is 0.275. The number of carbonyl (C=O) groups is 4. The van der Waals surface area contributed by atoms with Gasteiger partial charge in [-0.2, -0.15) is 0 Å². The number of hydrogen-bond acceptors (Lipinski definition) is 10. The second-order valence-electron chi connectivity index (χ2n) is 6.10. The number of rotatable bonds is 6. The molecule has 0 aliphatic carbocycles. The maximum Gasteiger partial charge on any atom is 0.303 e. The highest BCUT2D eigenvalue weighted by molar-refractivity contribution is 5.68. The van der Waals surface area contributed by atoms with Gasteiger partial charge in [-0.25, -0.2) is 4.98 Å². The van der Waals surface area contributed by atoms with Crippen LogP contribution >= 0.6 is 0 Å². The second-order valence-corrected chi connectivity index (χ2v) is 6.10. The quantitative estimate of drug-likeness (QED) is 0.481. The number of hydrogen-bond donors (Lipinski definition) is 0. The Hall–Kier alpha value is -2.95. The van der Waals surface area contributed by atoms with Gasteiger partial charge in [0.15, 0.2) is 24.5 Å². The zero-order valence-corrected chi connectivity index (χ0v) is 15.9. The highest BCUT2D eigenvalue weighted by Gasteiger charge is 2.52. The molecule has 11 heteroatoms. The second kappa shape index (κ2) is 9.31. The van der Waals surface area contributed by atoms with Gasteiger partial charge in [-0.15, -0.1) is 0 Å². The summed E-state index contributed by atoms with van der Waals surface area (Å²) in [6.45, 7) is 4.45. The summed E-state index contributed by atoms with van der Waals surface area (Å²) in [5, 5.41) is 0. The summed E-state index contributed by atoms with van der Waals surface area (Å²) in [7, 11) is 0. The summed E-state index contributed by atoms with van der Waals surface area (Å²) in [6, 6.07) is 0. The Morgan fingerprint density at radius 1 is 0.893 bits per heavy atom. The zero-order valence-electron chi connectivity index (χ0n) is 15.9. The molecular weight excluding hydrogens is 376 g/mol. The monoisotopic (exact) mass is 398 g/mol. The van der Waals surface area contributed by atoms with Gasteiger partial charge < -0.3 is 28.3 Å². The lowest BCUT2D eigenvalue weighted by atomic mass is 9.97. The first-order chi connectivity index (χ1) is 13.2. The van der Waals surface area contributed by atoms with Crippen molar-refractivity contribution in [2.45, 2.75) is 58.3 Å². The molecule has 0 amide bonds. The van der Waals surface area contributed by atoms with Gasteiger partial charge in [0.05, 0.1) is 6.33 Å². The van der Waals surface area contributed by atoms with Crippen molar-refractivity contribution in [3.63, 3.8) is 0 Å². The van der Waals surface area contributed by atoms with E-state index in [1.54, 1.807) is 6.20 Å². The molecule has 1 saturated heterocycles. The van der Waals surface area contributed by atoms with Crippen LogP contribution in [0.15, 0.2) is 18.7 Å². The molecule has 0 N–H and O–H groups in total. The Kier molecular flexibility index (Phi) is 7.10. The van der Waals surface area contributed by atoms with Gasteiger partial charge in [0, 0.05) is 40.1 Å². The molecule has 1 aliphatic heterocycles. The maximum atomic E-state index is 11.7. The van der Waals surface area contributed by atoms with Crippen LogP contribution in [-0.4, -0.2) is 64.5 Å². The summed E-state index contributed by atoms with van der Waals surface area (Å²) in [4.78, 5) is 50.1. The zero-order chi connectivity index (χ0) is 20.8.